The average molecular weight is 351 g/mol. The van der Waals surface area contributed by atoms with E-state index in [0.717, 1.165) is 11.8 Å². The maximum absolute atomic E-state index is 12.9. The lowest BCUT2D eigenvalue weighted by Gasteiger charge is -2.20. The second-order valence-electron chi connectivity index (χ2n) is 5.74. The lowest BCUT2D eigenvalue weighted by Crippen LogP contribution is -2.29. The average Bonchev–Trinajstić information content (AvgIpc) is 2.85. The first-order valence-corrected chi connectivity index (χ1v) is 10.5. The molecular weight excluding hydrogens is 334 g/mol. The number of hydrogen-bond acceptors (Lipinski definition) is 4. The van der Waals surface area contributed by atoms with Crippen LogP contribution in [0.25, 0.3) is 0 Å². The molecule has 1 aliphatic rings. The summed E-state index contributed by atoms with van der Waals surface area (Å²) in [6.45, 7) is 2.37. The Kier molecular flexibility index (Phi) is 3.72. The molecule has 1 aliphatic heterocycles. The minimum atomic E-state index is -3.71. The van der Waals surface area contributed by atoms with Crippen molar-refractivity contribution in [1.29, 1.82) is 0 Å². The molecule has 1 unspecified atom stereocenters. The van der Waals surface area contributed by atoms with Crippen molar-refractivity contribution < 1.29 is 16.8 Å². The van der Waals surface area contributed by atoms with Crippen molar-refractivity contribution in [3.05, 3.63) is 54.1 Å². The lowest BCUT2D eigenvalue weighted by atomic mass is 10.0. The third-order valence-corrected chi connectivity index (χ3v) is 6.94. The molecule has 5 nitrogen and oxygen atoms in total. The van der Waals surface area contributed by atoms with Crippen LogP contribution in [0.5, 0.6) is 0 Å². The number of sulfone groups is 1. The van der Waals surface area contributed by atoms with Gasteiger partial charge in [0.15, 0.2) is 9.84 Å². The van der Waals surface area contributed by atoms with Gasteiger partial charge in [-0.15, -0.1) is 0 Å². The summed E-state index contributed by atoms with van der Waals surface area (Å²) >= 11 is 0. The molecule has 3 rings (SSSR count). The smallest absolute Gasteiger partial charge is 0.264 e. The summed E-state index contributed by atoms with van der Waals surface area (Å²) in [7, 11) is -7.06. The number of sulfonamides is 1. The van der Waals surface area contributed by atoms with Gasteiger partial charge in [0.1, 0.15) is 0 Å². The molecule has 7 heteroatoms. The summed E-state index contributed by atoms with van der Waals surface area (Å²) in [4.78, 5) is 0.195. The zero-order valence-corrected chi connectivity index (χ0v) is 14.4. The first-order valence-electron chi connectivity index (χ1n) is 7.13. The minimum Gasteiger partial charge on any atom is -0.265 e. The molecule has 2 aromatic carbocycles. The fraction of sp³-hybridized carbons (Fsp3) is 0.250. The highest BCUT2D eigenvalue weighted by Crippen LogP contribution is 2.39. The SMILES string of the molecule is CC1CN(S(=O)(=O)c2ccc(S(C)(=O)=O)cc2)c2ccccc21. The number of anilines is 1. The van der Waals surface area contributed by atoms with Crippen molar-refractivity contribution in [3.8, 4) is 0 Å². The van der Waals surface area contributed by atoms with Crippen molar-refractivity contribution in [2.45, 2.75) is 22.6 Å². The Bertz CT molecular complexity index is 948. The molecule has 0 aliphatic carbocycles. The van der Waals surface area contributed by atoms with E-state index in [1.165, 1.54) is 28.6 Å². The van der Waals surface area contributed by atoms with E-state index in [1.54, 1.807) is 6.07 Å². The zero-order valence-electron chi connectivity index (χ0n) is 12.8. The Balaban J connectivity index is 2.04. The van der Waals surface area contributed by atoms with Crippen LogP contribution >= 0.6 is 0 Å². The van der Waals surface area contributed by atoms with E-state index in [4.69, 9.17) is 0 Å². The largest absolute Gasteiger partial charge is 0.265 e. The van der Waals surface area contributed by atoms with Gasteiger partial charge in [0.05, 0.1) is 15.5 Å². The number of hydrogen-bond donors (Lipinski definition) is 0. The molecule has 0 bridgehead atoms. The van der Waals surface area contributed by atoms with E-state index in [-0.39, 0.29) is 15.7 Å². The van der Waals surface area contributed by atoms with Crippen LogP contribution in [-0.2, 0) is 19.9 Å². The summed E-state index contributed by atoms with van der Waals surface area (Å²) in [6.07, 6.45) is 1.09. The van der Waals surface area contributed by atoms with E-state index in [2.05, 4.69) is 0 Å². The third-order valence-electron chi connectivity index (χ3n) is 4.02. The Morgan fingerprint density at radius 1 is 0.913 bits per heavy atom. The van der Waals surface area contributed by atoms with Gasteiger partial charge < -0.3 is 0 Å². The predicted molar refractivity (Wildman–Crippen MR) is 88.9 cm³/mol. The summed E-state index contributed by atoms with van der Waals surface area (Å²) in [5.41, 5.74) is 1.69. The maximum Gasteiger partial charge on any atom is 0.264 e. The molecule has 122 valence electrons. The molecule has 0 saturated carbocycles. The summed E-state index contributed by atoms with van der Waals surface area (Å²) in [5.74, 6) is 0.122. The summed E-state index contributed by atoms with van der Waals surface area (Å²) < 4.78 is 50.1. The predicted octanol–water partition coefficient (Wildman–Crippen LogP) is 2.40. The maximum atomic E-state index is 12.9. The molecular formula is C16H17NO4S2. The van der Waals surface area contributed by atoms with E-state index in [1.807, 2.05) is 25.1 Å². The number of fused-ring (bicyclic) bond motifs is 1. The second-order valence-corrected chi connectivity index (χ2v) is 9.62. The number of rotatable bonds is 3. The van der Waals surface area contributed by atoms with Gasteiger partial charge in [0, 0.05) is 18.7 Å². The molecule has 0 radical (unpaired) electrons. The highest BCUT2D eigenvalue weighted by atomic mass is 32.2. The van der Waals surface area contributed by atoms with Gasteiger partial charge in [0.25, 0.3) is 10.0 Å². The molecule has 23 heavy (non-hydrogen) atoms. The fourth-order valence-corrected chi connectivity index (χ4v) is 5.00. The van der Waals surface area contributed by atoms with Crippen LogP contribution in [0.3, 0.4) is 0 Å². The molecule has 0 aromatic heterocycles. The molecule has 0 fully saturated rings. The van der Waals surface area contributed by atoms with Crippen LogP contribution in [0.15, 0.2) is 58.3 Å². The monoisotopic (exact) mass is 351 g/mol. The van der Waals surface area contributed by atoms with Gasteiger partial charge in [0.2, 0.25) is 0 Å². The van der Waals surface area contributed by atoms with Gasteiger partial charge in [-0.2, -0.15) is 0 Å². The van der Waals surface area contributed by atoms with Gasteiger partial charge in [-0.1, -0.05) is 25.1 Å². The van der Waals surface area contributed by atoms with Gasteiger partial charge in [-0.3, -0.25) is 4.31 Å². The first-order chi connectivity index (χ1) is 10.7. The van der Waals surface area contributed by atoms with Gasteiger partial charge in [-0.05, 0) is 35.9 Å². The van der Waals surface area contributed by atoms with E-state index >= 15 is 0 Å². The summed E-state index contributed by atoms with van der Waals surface area (Å²) in [6, 6.07) is 12.8. The Labute approximate surface area is 136 Å². The van der Waals surface area contributed by atoms with Crippen LogP contribution < -0.4 is 4.31 Å². The molecule has 1 atom stereocenters. The van der Waals surface area contributed by atoms with Crippen molar-refractivity contribution in [3.63, 3.8) is 0 Å². The van der Waals surface area contributed by atoms with Crippen molar-refractivity contribution >= 4 is 25.5 Å². The topological polar surface area (TPSA) is 71.5 Å². The Morgan fingerprint density at radius 2 is 1.48 bits per heavy atom. The van der Waals surface area contributed by atoms with Crippen LogP contribution in [0.4, 0.5) is 5.69 Å². The first kappa shape index (κ1) is 16.0. The summed E-state index contributed by atoms with van der Waals surface area (Å²) in [5, 5.41) is 0. The molecule has 0 N–H and O–H groups in total. The fourth-order valence-electron chi connectivity index (χ4n) is 2.79. The highest BCUT2D eigenvalue weighted by Gasteiger charge is 2.34. The molecule has 0 spiro atoms. The van der Waals surface area contributed by atoms with Gasteiger partial charge >= 0.3 is 0 Å². The van der Waals surface area contributed by atoms with Crippen LogP contribution in [0.1, 0.15) is 18.4 Å². The normalized spacial score (nSPS) is 18.0. The molecule has 1 heterocycles. The zero-order chi connectivity index (χ0) is 16.8. The van der Waals surface area contributed by atoms with Crippen LogP contribution in [-0.4, -0.2) is 29.6 Å². The number of para-hydroxylation sites is 1. The lowest BCUT2D eigenvalue weighted by molar-refractivity contribution is 0.589. The number of nitrogens with zero attached hydrogens (tertiary/aromatic N) is 1. The standard InChI is InChI=1S/C16H17NO4S2/c1-12-11-17(16-6-4-3-5-15(12)16)23(20,21)14-9-7-13(8-10-14)22(2,18)19/h3-10,12H,11H2,1-2H3. The van der Waals surface area contributed by atoms with Crippen LogP contribution in [0.2, 0.25) is 0 Å². The molecule has 0 saturated heterocycles. The second kappa shape index (κ2) is 5.35. The third kappa shape index (κ3) is 2.74. The highest BCUT2D eigenvalue weighted by molar-refractivity contribution is 7.93. The van der Waals surface area contributed by atoms with E-state index in [9.17, 15) is 16.8 Å². The molecule has 2 aromatic rings. The van der Waals surface area contributed by atoms with E-state index < -0.39 is 19.9 Å². The Hall–Kier alpha value is -1.86. The number of benzene rings is 2. The Morgan fingerprint density at radius 3 is 2.09 bits per heavy atom. The molecule has 0 amide bonds. The van der Waals surface area contributed by atoms with Crippen molar-refractivity contribution in [2.75, 3.05) is 17.1 Å². The van der Waals surface area contributed by atoms with Crippen LogP contribution in [0, 0.1) is 0 Å². The minimum absolute atomic E-state index is 0.0915. The quantitative estimate of drug-likeness (QED) is 0.851. The van der Waals surface area contributed by atoms with Crippen molar-refractivity contribution in [1.82, 2.24) is 0 Å². The van der Waals surface area contributed by atoms with E-state index in [0.29, 0.717) is 12.2 Å². The van der Waals surface area contributed by atoms with Crippen molar-refractivity contribution in [2.24, 2.45) is 0 Å². The van der Waals surface area contributed by atoms with Gasteiger partial charge in [-0.25, -0.2) is 16.8 Å².